The molecule has 1 rings (SSSR count). The minimum absolute atomic E-state index is 0.569. The van der Waals surface area contributed by atoms with Gasteiger partial charge in [-0.05, 0) is 24.1 Å². The molecular weight excluding hydrogens is 190 g/mol. The first-order valence-electron chi connectivity index (χ1n) is 5.36. The third-order valence-corrected chi connectivity index (χ3v) is 2.00. The molecular formula is C12H19NO2. The summed E-state index contributed by atoms with van der Waals surface area (Å²) in [6.45, 7) is 4.70. The standard InChI is InChI=1S/C12H19NO2/c1-2-7-14-8-9-15-12-5-3-11(10-13)4-6-12/h3-6H,2,7-10,13H2,1H3. The Kier molecular flexibility index (Phi) is 5.81. The van der Waals surface area contributed by atoms with E-state index in [1.54, 1.807) is 0 Å². The molecule has 0 saturated heterocycles. The molecule has 0 amide bonds. The Labute approximate surface area is 91.2 Å². The van der Waals surface area contributed by atoms with Gasteiger partial charge >= 0.3 is 0 Å². The van der Waals surface area contributed by atoms with E-state index in [1.807, 2.05) is 24.3 Å². The molecule has 0 fully saturated rings. The molecule has 1 aromatic rings. The van der Waals surface area contributed by atoms with Gasteiger partial charge in [-0.25, -0.2) is 0 Å². The van der Waals surface area contributed by atoms with Crippen LogP contribution in [0.1, 0.15) is 18.9 Å². The molecule has 0 spiro atoms. The van der Waals surface area contributed by atoms with Crippen LogP contribution in [0.3, 0.4) is 0 Å². The number of benzene rings is 1. The summed E-state index contributed by atoms with van der Waals surface area (Å²) >= 11 is 0. The maximum atomic E-state index is 5.49. The summed E-state index contributed by atoms with van der Waals surface area (Å²) in [7, 11) is 0. The molecule has 0 aromatic heterocycles. The average molecular weight is 209 g/mol. The Morgan fingerprint density at radius 3 is 2.40 bits per heavy atom. The van der Waals surface area contributed by atoms with Crippen LogP contribution in [0.25, 0.3) is 0 Å². The van der Waals surface area contributed by atoms with Gasteiger partial charge in [0.25, 0.3) is 0 Å². The van der Waals surface area contributed by atoms with E-state index in [4.69, 9.17) is 15.2 Å². The molecule has 0 saturated carbocycles. The topological polar surface area (TPSA) is 44.5 Å². The normalized spacial score (nSPS) is 10.3. The van der Waals surface area contributed by atoms with Crippen molar-refractivity contribution in [3.05, 3.63) is 29.8 Å². The number of nitrogens with two attached hydrogens (primary N) is 1. The number of ether oxygens (including phenoxy) is 2. The third-order valence-electron chi connectivity index (χ3n) is 2.00. The van der Waals surface area contributed by atoms with Crippen molar-refractivity contribution in [3.8, 4) is 5.75 Å². The van der Waals surface area contributed by atoms with Crippen molar-refractivity contribution in [2.45, 2.75) is 19.9 Å². The van der Waals surface area contributed by atoms with Gasteiger partial charge in [-0.3, -0.25) is 0 Å². The predicted octanol–water partition coefficient (Wildman–Crippen LogP) is 1.95. The minimum Gasteiger partial charge on any atom is -0.491 e. The van der Waals surface area contributed by atoms with Gasteiger partial charge in [0.05, 0.1) is 6.61 Å². The van der Waals surface area contributed by atoms with Crippen molar-refractivity contribution in [3.63, 3.8) is 0 Å². The predicted molar refractivity (Wildman–Crippen MR) is 60.9 cm³/mol. The first kappa shape index (κ1) is 12.0. The van der Waals surface area contributed by atoms with E-state index in [0.717, 1.165) is 24.3 Å². The molecule has 0 atom stereocenters. The molecule has 0 bridgehead atoms. The van der Waals surface area contributed by atoms with E-state index >= 15 is 0 Å². The summed E-state index contributed by atoms with van der Waals surface area (Å²) < 4.78 is 10.8. The highest BCUT2D eigenvalue weighted by molar-refractivity contribution is 5.26. The van der Waals surface area contributed by atoms with Crippen LogP contribution in [0.2, 0.25) is 0 Å². The smallest absolute Gasteiger partial charge is 0.119 e. The Hall–Kier alpha value is -1.06. The molecule has 0 unspecified atom stereocenters. The van der Waals surface area contributed by atoms with E-state index in [0.29, 0.717) is 19.8 Å². The fourth-order valence-electron chi connectivity index (χ4n) is 1.19. The van der Waals surface area contributed by atoms with Crippen LogP contribution in [0.15, 0.2) is 24.3 Å². The highest BCUT2D eigenvalue weighted by atomic mass is 16.5. The van der Waals surface area contributed by atoms with Gasteiger partial charge in [0.2, 0.25) is 0 Å². The molecule has 15 heavy (non-hydrogen) atoms. The van der Waals surface area contributed by atoms with Crippen LogP contribution in [-0.2, 0) is 11.3 Å². The summed E-state index contributed by atoms with van der Waals surface area (Å²) in [6, 6.07) is 7.81. The van der Waals surface area contributed by atoms with E-state index in [9.17, 15) is 0 Å². The molecule has 1 aromatic carbocycles. The van der Waals surface area contributed by atoms with Crippen LogP contribution in [0.4, 0.5) is 0 Å². The Morgan fingerprint density at radius 1 is 1.07 bits per heavy atom. The van der Waals surface area contributed by atoms with Crippen molar-refractivity contribution in [1.29, 1.82) is 0 Å². The van der Waals surface area contributed by atoms with Gasteiger partial charge in [0.15, 0.2) is 0 Å². The maximum absolute atomic E-state index is 5.49. The summed E-state index contributed by atoms with van der Waals surface area (Å²) in [4.78, 5) is 0. The van der Waals surface area contributed by atoms with Gasteiger partial charge in [-0.2, -0.15) is 0 Å². The largest absolute Gasteiger partial charge is 0.491 e. The molecule has 0 aliphatic rings. The molecule has 3 nitrogen and oxygen atoms in total. The molecule has 0 heterocycles. The van der Waals surface area contributed by atoms with Crippen molar-refractivity contribution in [2.75, 3.05) is 19.8 Å². The van der Waals surface area contributed by atoms with Crippen molar-refractivity contribution in [2.24, 2.45) is 5.73 Å². The van der Waals surface area contributed by atoms with Gasteiger partial charge in [0, 0.05) is 13.2 Å². The molecule has 0 aliphatic heterocycles. The quantitative estimate of drug-likeness (QED) is 0.698. The minimum atomic E-state index is 0.569. The number of rotatable bonds is 7. The second-order valence-electron chi connectivity index (χ2n) is 3.31. The Balaban J connectivity index is 2.20. The van der Waals surface area contributed by atoms with Crippen LogP contribution in [0, 0.1) is 0 Å². The lowest BCUT2D eigenvalue weighted by atomic mass is 10.2. The number of hydrogen-bond acceptors (Lipinski definition) is 3. The average Bonchev–Trinajstić information content (AvgIpc) is 2.30. The fourth-order valence-corrected chi connectivity index (χ4v) is 1.19. The van der Waals surface area contributed by atoms with Gasteiger partial charge in [-0.15, -0.1) is 0 Å². The highest BCUT2D eigenvalue weighted by Crippen LogP contribution is 2.11. The molecule has 0 radical (unpaired) electrons. The molecule has 2 N–H and O–H groups in total. The van der Waals surface area contributed by atoms with Crippen LogP contribution in [-0.4, -0.2) is 19.8 Å². The van der Waals surface area contributed by atoms with Crippen LogP contribution >= 0.6 is 0 Å². The van der Waals surface area contributed by atoms with E-state index in [2.05, 4.69) is 6.92 Å². The maximum Gasteiger partial charge on any atom is 0.119 e. The summed E-state index contributed by atoms with van der Waals surface area (Å²) in [5.41, 5.74) is 6.61. The monoisotopic (exact) mass is 209 g/mol. The molecule has 0 aliphatic carbocycles. The zero-order valence-electron chi connectivity index (χ0n) is 9.24. The summed E-state index contributed by atoms with van der Waals surface area (Å²) in [5, 5.41) is 0. The van der Waals surface area contributed by atoms with Crippen LogP contribution in [0.5, 0.6) is 5.75 Å². The first-order valence-corrected chi connectivity index (χ1v) is 5.36. The molecule has 3 heteroatoms. The zero-order chi connectivity index (χ0) is 10.9. The van der Waals surface area contributed by atoms with Crippen molar-refractivity contribution in [1.82, 2.24) is 0 Å². The van der Waals surface area contributed by atoms with Crippen molar-refractivity contribution < 1.29 is 9.47 Å². The lowest BCUT2D eigenvalue weighted by Crippen LogP contribution is -2.07. The summed E-state index contributed by atoms with van der Waals surface area (Å²) in [6.07, 6.45) is 1.05. The van der Waals surface area contributed by atoms with Gasteiger partial charge in [0.1, 0.15) is 12.4 Å². The van der Waals surface area contributed by atoms with E-state index in [-0.39, 0.29) is 0 Å². The first-order chi connectivity index (χ1) is 7.36. The lowest BCUT2D eigenvalue weighted by Gasteiger charge is -2.06. The highest BCUT2D eigenvalue weighted by Gasteiger charge is 1.94. The summed E-state index contributed by atoms with van der Waals surface area (Å²) in [5.74, 6) is 0.868. The van der Waals surface area contributed by atoms with Crippen molar-refractivity contribution >= 4 is 0 Å². The third kappa shape index (κ3) is 4.81. The second-order valence-corrected chi connectivity index (χ2v) is 3.31. The molecule has 84 valence electrons. The van der Waals surface area contributed by atoms with Crippen LogP contribution < -0.4 is 10.5 Å². The number of hydrogen-bond donors (Lipinski definition) is 1. The lowest BCUT2D eigenvalue weighted by molar-refractivity contribution is 0.101. The second kappa shape index (κ2) is 7.26. The fraction of sp³-hybridized carbons (Fsp3) is 0.500. The zero-order valence-corrected chi connectivity index (χ0v) is 9.24. The van der Waals surface area contributed by atoms with Gasteiger partial charge in [-0.1, -0.05) is 19.1 Å². The van der Waals surface area contributed by atoms with E-state index in [1.165, 1.54) is 0 Å². The van der Waals surface area contributed by atoms with Gasteiger partial charge < -0.3 is 15.2 Å². The Bertz CT molecular complexity index is 259. The SMILES string of the molecule is CCCOCCOc1ccc(CN)cc1. The Morgan fingerprint density at radius 2 is 1.80 bits per heavy atom. The van der Waals surface area contributed by atoms with E-state index < -0.39 is 0 Å².